The van der Waals surface area contributed by atoms with E-state index in [1.54, 1.807) is 14.0 Å². The van der Waals surface area contributed by atoms with E-state index in [1.807, 2.05) is 31.2 Å². The van der Waals surface area contributed by atoms with Gasteiger partial charge in [-0.05, 0) is 31.5 Å². The van der Waals surface area contributed by atoms with Gasteiger partial charge in [0.25, 0.3) is 0 Å². The number of benzene rings is 1. The van der Waals surface area contributed by atoms with Gasteiger partial charge >= 0.3 is 0 Å². The highest BCUT2D eigenvalue weighted by molar-refractivity contribution is 5.31. The minimum Gasteiger partial charge on any atom is -0.494 e. The van der Waals surface area contributed by atoms with E-state index in [9.17, 15) is 5.11 Å². The van der Waals surface area contributed by atoms with Gasteiger partial charge in [-0.15, -0.1) is 0 Å². The van der Waals surface area contributed by atoms with Gasteiger partial charge in [0.1, 0.15) is 5.75 Å². The lowest BCUT2D eigenvalue weighted by molar-refractivity contribution is 0.0208. The van der Waals surface area contributed by atoms with Crippen LogP contribution in [0.2, 0.25) is 0 Å². The molecule has 90 valence electrons. The summed E-state index contributed by atoms with van der Waals surface area (Å²) in [5.41, 5.74) is -0.0150. The molecule has 1 N–H and O–H groups in total. The number of hydrogen-bond donors (Lipinski definition) is 1. The van der Waals surface area contributed by atoms with Crippen molar-refractivity contribution < 1.29 is 14.6 Å². The molecule has 0 radical (unpaired) electrons. The van der Waals surface area contributed by atoms with Crippen molar-refractivity contribution in [3.05, 3.63) is 29.8 Å². The Morgan fingerprint density at radius 3 is 2.75 bits per heavy atom. The zero-order valence-corrected chi connectivity index (χ0v) is 10.2. The second-order valence-electron chi connectivity index (χ2n) is 3.98. The number of hydrogen-bond acceptors (Lipinski definition) is 3. The minimum atomic E-state index is -0.872. The molecule has 0 spiro atoms. The average molecular weight is 224 g/mol. The third-order valence-corrected chi connectivity index (χ3v) is 2.56. The highest BCUT2D eigenvalue weighted by Gasteiger charge is 2.22. The fourth-order valence-corrected chi connectivity index (χ4v) is 1.53. The van der Waals surface area contributed by atoms with Gasteiger partial charge in [-0.2, -0.15) is 0 Å². The normalized spacial score (nSPS) is 14.5. The monoisotopic (exact) mass is 224 g/mol. The summed E-state index contributed by atoms with van der Waals surface area (Å²) in [5, 5.41) is 10.3. The second kappa shape index (κ2) is 5.87. The molecule has 1 unspecified atom stereocenters. The van der Waals surface area contributed by atoms with E-state index in [4.69, 9.17) is 9.47 Å². The van der Waals surface area contributed by atoms with Gasteiger partial charge in [-0.3, -0.25) is 0 Å². The summed E-state index contributed by atoms with van der Waals surface area (Å²) in [4.78, 5) is 0. The molecule has 0 amide bonds. The molecule has 3 heteroatoms. The zero-order chi connectivity index (χ0) is 12.0. The first kappa shape index (κ1) is 13.0. The average Bonchev–Trinajstić information content (AvgIpc) is 2.27. The van der Waals surface area contributed by atoms with Crippen molar-refractivity contribution in [1.29, 1.82) is 0 Å². The maximum absolute atomic E-state index is 10.3. The van der Waals surface area contributed by atoms with E-state index < -0.39 is 5.60 Å². The van der Waals surface area contributed by atoms with Crippen molar-refractivity contribution in [2.75, 3.05) is 20.3 Å². The lowest BCUT2D eigenvalue weighted by Gasteiger charge is -2.24. The van der Waals surface area contributed by atoms with Crippen LogP contribution in [0.1, 0.15) is 25.8 Å². The van der Waals surface area contributed by atoms with Crippen LogP contribution in [0.4, 0.5) is 0 Å². The standard InChI is InChI=1S/C13H20O3/c1-4-16-12-7-5-6-11(10-12)13(2,14)8-9-15-3/h5-7,10,14H,4,8-9H2,1-3H3. The number of rotatable bonds is 6. The van der Waals surface area contributed by atoms with Gasteiger partial charge in [-0.1, -0.05) is 12.1 Å². The Balaban J connectivity index is 2.80. The summed E-state index contributed by atoms with van der Waals surface area (Å²) in [6.07, 6.45) is 0.569. The molecule has 0 bridgehead atoms. The van der Waals surface area contributed by atoms with E-state index in [2.05, 4.69) is 0 Å². The maximum Gasteiger partial charge on any atom is 0.119 e. The molecular weight excluding hydrogens is 204 g/mol. The molecule has 0 saturated carbocycles. The van der Waals surface area contributed by atoms with E-state index in [-0.39, 0.29) is 0 Å². The van der Waals surface area contributed by atoms with Crippen LogP contribution in [0.25, 0.3) is 0 Å². The van der Waals surface area contributed by atoms with Crippen molar-refractivity contribution >= 4 is 0 Å². The Kier molecular flexibility index (Phi) is 4.77. The van der Waals surface area contributed by atoms with Gasteiger partial charge in [-0.25, -0.2) is 0 Å². The molecule has 0 saturated heterocycles. The Labute approximate surface area is 97.0 Å². The van der Waals surface area contributed by atoms with Crippen LogP contribution in [0, 0.1) is 0 Å². The molecule has 1 aromatic carbocycles. The summed E-state index contributed by atoms with van der Waals surface area (Å²) in [5.74, 6) is 0.790. The predicted octanol–water partition coefficient (Wildman–Crippen LogP) is 2.33. The van der Waals surface area contributed by atoms with Gasteiger partial charge in [0.2, 0.25) is 0 Å². The molecule has 1 rings (SSSR count). The quantitative estimate of drug-likeness (QED) is 0.806. The van der Waals surface area contributed by atoms with Crippen molar-refractivity contribution in [1.82, 2.24) is 0 Å². The third-order valence-electron chi connectivity index (χ3n) is 2.56. The largest absolute Gasteiger partial charge is 0.494 e. The van der Waals surface area contributed by atoms with E-state index in [0.29, 0.717) is 19.6 Å². The number of aliphatic hydroxyl groups is 1. The van der Waals surface area contributed by atoms with Crippen molar-refractivity contribution in [3.63, 3.8) is 0 Å². The lowest BCUT2D eigenvalue weighted by atomic mass is 9.93. The van der Waals surface area contributed by atoms with E-state index in [0.717, 1.165) is 11.3 Å². The minimum absolute atomic E-state index is 0.534. The highest BCUT2D eigenvalue weighted by Crippen LogP contribution is 2.27. The fraction of sp³-hybridized carbons (Fsp3) is 0.538. The van der Waals surface area contributed by atoms with Crippen molar-refractivity contribution in [2.24, 2.45) is 0 Å². The molecule has 0 fully saturated rings. The second-order valence-corrected chi connectivity index (χ2v) is 3.98. The summed E-state index contributed by atoms with van der Waals surface area (Å²) in [6.45, 7) is 4.89. The smallest absolute Gasteiger partial charge is 0.119 e. The molecule has 3 nitrogen and oxygen atoms in total. The van der Waals surface area contributed by atoms with Crippen LogP contribution >= 0.6 is 0 Å². The molecule has 1 aromatic rings. The summed E-state index contributed by atoms with van der Waals surface area (Å²) in [6, 6.07) is 7.55. The maximum atomic E-state index is 10.3. The van der Waals surface area contributed by atoms with Gasteiger partial charge in [0.15, 0.2) is 0 Å². The first-order valence-corrected chi connectivity index (χ1v) is 5.55. The van der Waals surface area contributed by atoms with Crippen LogP contribution in [-0.4, -0.2) is 25.4 Å². The molecular formula is C13H20O3. The third kappa shape index (κ3) is 3.51. The summed E-state index contributed by atoms with van der Waals surface area (Å²) in [7, 11) is 1.63. The topological polar surface area (TPSA) is 38.7 Å². The predicted molar refractivity (Wildman–Crippen MR) is 63.7 cm³/mol. The number of ether oxygens (including phenoxy) is 2. The van der Waals surface area contributed by atoms with Gasteiger partial charge in [0.05, 0.1) is 12.2 Å². The Hall–Kier alpha value is -1.06. The molecule has 16 heavy (non-hydrogen) atoms. The summed E-state index contributed by atoms with van der Waals surface area (Å²) < 4.78 is 10.4. The molecule has 0 heterocycles. The molecule has 0 aliphatic carbocycles. The molecule has 1 atom stereocenters. The number of methoxy groups -OCH3 is 1. The SMILES string of the molecule is CCOc1cccc(C(C)(O)CCOC)c1. The Bertz CT molecular complexity index is 321. The van der Waals surface area contributed by atoms with E-state index >= 15 is 0 Å². The Morgan fingerprint density at radius 2 is 2.12 bits per heavy atom. The van der Waals surface area contributed by atoms with Crippen molar-refractivity contribution in [3.8, 4) is 5.75 Å². The van der Waals surface area contributed by atoms with Crippen molar-refractivity contribution in [2.45, 2.75) is 25.9 Å². The Morgan fingerprint density at radius 1 is 1.38 bits per heavy atom. The van der Waals surface area contributed by atoms with Crippen LogP contribution in [0.5, 0.6) is 5.75 Å². The first-order chi connectivity index (χ1) is 7.60. The zero-order valence-electron chi connectivity index (χ0n) is 10.2. The first-order valence-electron chi connectivity index (χ1n) is 5.55. The molecule has 0 aromatic heterocycles. The van der Waals surface area contributed by atoms with Crippen LogP contribution in [0.15, 0.2) is 24.3 Å². The summed E-state index contributed by atoms with van der Waals surface area (Å²) >= 11 is 0. The van der Waals surface area contributed by atoms with Gasteiger partial charge in [0, 0.05) is 20.1 Å². The molecule has 0 aliphatic rings. The van der Waals surface area contributed by atoms with Gasteiger partial charge < -0.3 is 14.6 Å². The fourth-order valence-electron chi connectivity index (χ4n) is 1.53. The van der Waals surface area contributed by atoms with E-state index in [1.165, 1.54) is 0 Å². The molecule has 0 aliphatic heterocycles. The lowest BCUT2D eigenvalue weighted by Crippen LogP contribution is -2.23. The highest BCUT2D eigenvalue weighted by atomic mass is 16.5. The van der Waals surface area contributed by atoms with Crippen LogP contribution in [0.3, 0.4) is 0 Å². The van der Waals surface area contributed by atoms with Crippen LogP contribution in [-0.2, 0) is 10.3 Å². The van der Waals surface area contributed by atoms with Crippen LogP contribution < -0.4 is 4.74 Å².